The molecule has 0 atom stereocenters. The van der Waals surface area contributed by atoms with Crippen LogP contribution in [-0.4, -0.2) is 22.0 Å². The summed E-state index contributed by atoms with van der Waals surface area (Å²) in [5.74, 6) is 1.05. The lowest BCUT2D eigenvalue weighted by Gasteiger charge is -2.04. The van der Waals surface area contributed by atoms with E-state index >= 15 is 0 Å². The molecule has 0 spiro atoms. The van der Waals surface area contributed by atoms with E-state index in [1.54, 1.807) is 22.7 Å². The SMILES string of the molecule is Cn1cc(-c2cccs2)nc1CCNC(=O)Cc1cccs1. The van der Waals surface area contributed by atoms with Crippen LogP contribution in [0.5, 0.6) is 0 Å². The molecule has 1 amide bonds. The highest BCUT2D eigenvalue weighted by Crippen LogP contribution is 2.23. The molecule has 1 N–H and O–H groups in total. The molecule has 3 aromatic heterocycles. The van der Waals surface area contributed by atoms with Crippen LogP contribution in [0.2, 0.25) is 0 Å². The highest BCUT2D eigenvalue weighted by atomic mass is 32.1. The van der Waals surface area contributed by atoms with Gasteiger partial charge in [0.25, 0.3) is 0 Å². The molecule has 0 bridgehead atoms. The smallest absolute Gasteiger partial charge is 0.225 e. The molecule has 114 valence electrons. The zero-order valence-electron chi connectivity index (χ0n) is 12.3. The summed E-state index contributed by atoms with van der Waals surface area (Å²) >= 11 is 3.29. The zero-order valence-corrected chi connectivity index (χ0v) is 13.9. The molecule has 0 aliphatic carbocycles. The molecular formula is C16H17N3OS2. The first-order valence-corrected chi connectivity index (χ1v) is 8.83. The van der Waals surface area contributed by atoms with Gasteiger partial charge < -0.3 is 9.88 Å². The average molecular weight is 331 g/mol. The van der Waals surface area contributed by atoms with E-state index in [4.69, 9.17) is 0 Å². The van der Waals surface area contributed by atoms with Crippen LogP contribution in [0.3, 0.4) is 0 Å². The Morgan fingerprint density at radius 2 is 2.09 bits per heavy atom. The predicted molar refractivity (Wildman–Crippen MR) is 91.3 cm³/mol. The van der Waals surface area contributed by atoms with Gasteiger partial charge in [0.15, 0.2) is 0 Å². The maximum atomic E-state index is 11.8. The Bertz CT molecular complexity index is 730. The van der Waals surface area contributed by atoms with Gasteiger partial charge in [-0.05, 0) is 22.9 Å². The Kier molecular flexibility index (Phi) is 4.70. The molecule has 3 heterocycles. The normalized spacial score (nSPS) is 10.8. The van der Waals surface area contributed by atoms with Crippen LogP contribution in [0.15, 0.2) is 41.2 Å². The van der Waals surface area contributed by atoms with Crippen molar-refractivity contribution in [1.29, 1.82) is 0 Å². The lowest BCUT2D eigenvalue weighted by molar-refractivity contribution is -0.120. The largest absolute Gasteiger partial charge is 0.355 e. The molecule has 22 heavy (non-hydrogen) atoms. The lowest BCUT2D eigenvalue weighted by Crippen LogP contribution is -2.27. The van der Waals surface area contributed by atoms with Crippen LogP contribution < -0.4 is 5.32 Å². The van der Waals surface area contributed by atoms with Crippen molar-refractivity contribution in [2.45, 2.75) is 12.8 Å². The van der Waals surface area contributed by atoms with E-state index in [0.717, 1.165) is 22.8 Å². The first kappa shape index (κ1) is 15.0. The topological polar surface area (TPSA) is 46.9 Å². The van der Waals surface area contributed by atoms with Crippen molar-refractivity contribution in [2.24, 2.45) is 7.05 Å². The van der Waals surface area contributed by atoms with Crippen molar-refractivity contribution in [3.05, 3.63) is 51.9 Å². The highest BCUT2D eigenvalue weighted by molar-refractivity contribution is 7.13. The summed E-state index contributed by atoms with van der Waals surface area (Å²) in [4.78, 5) is 18.8. The Hall–Kier alpha value is -1.92. The summed E-state index contributed by atoms with van der Waals surface area (Å²) in [5.41, 5.74) is 0.998. The van der Waals surface area contributed by atoms with Crippen LogP contribution in [-0.2, 0) is 24.7 Å². The number of nitrogens with zero attached hydrogens (tertiary/aromatic N) is 2. The predicted octanol–water partition coefficient (Wildman–Crippen LogP) is 3.11. The monoisotopic (exact) mass is 331 g/mol. The number of aromatic nitrogens is 2. The third kappa shape index (κ3) is 3.64. The number of imidazole rings is 1. The fourth-order valence-electron chi connectivity index (χ4n) is 2.23. The summed E-state index contributed by atoms with van der Waals surface area (Å²) < 4.78 is 2.03. The molecule has 0 fully saturated rings. The minimum Gasteiger partial charge on any atom is -0.355 e. The Morgan fingerprint density at radius 1 is 1.27 bits per heavy atom. The third-order valence-corrected chi connectivity index (χ3v) is 5.10. The molecule has 0 radical (unpaired) electrons. The molecule has 0 unspecified atom stereocenters. The van der Waals surface area contributed by atoms with Crippen LogP contribution in [0, 0.1) is 0 Å². The summed E-state index contributed by atoms with van der Waals surface area (Å²) in [6, 6.07) is 8.04. The number of rotatable bonds is 6. The maximum Gasteiger partial charge on any atom is 0.225 e. The van der Waals surface area contributed by atoms with E-state index in [-0.39, 0.29) is 5.91 Å². The van der Waals surface area contributed by atoms with Gasteiger partial charge in [0.1, 0.15) is 5.82 Å². The van der Waals surface area contributed by atoms with Crippen LogP contribution >= 0.6 is 22.7 Å². The minimum atomic E-state index is 0.0649. The first-order chi connectivity index (χ1) is 10.7. The molecule has 6 heteroatoms. The number of hydrogen-bond donors (Lipinski definition) is 1. The quantitative estimate of drug-likeness (QED) is 0.754. The number of amides is 1. The second-order valence-electron chi connectivity index (χ2n) is 4.99. The molecule has 0 saturated heterocycles. The van der Waals surface area contributed by atoms with Crippen molar-refractivity contribution in [2.75, 3.05) is 6.54 Å². The Labute approximate surface area is 137 Å². The Balaban J connectivity index is 1.52. The second-order valence-corrected chi connectivity index (χ2v) is 6.97. The summed E-state index contributed by atoms with van der Waals surface area (Å²) in [6.07, 6.45) is 3.23. The van der Waals surface area contributed by atoms with Crippen LogP contribution in [0.1, 0.15) is 10.7 Å². The van der Waals surface area contributed by atoms with Crippen LogP contribution in [0.25, 0.3) is 10.6 Å². The molecular weight excluding hydrogens is 314 g/mol. The van der Waals surface area contributed by atoms with E-state index in [0.29, 0.717) is 13.0 Å². The molecule has 0 aromatic carbocycles. The summed E-state index contributed by atoms with van der Waals surface area (Å²) in [7, 11) is 1.99. The van der Waals surface area contributed by atoms with Gasteiger partial charge in [-0.1, -0.05) is 12.1 Å². The number of thiophene rings is 2. The van der Waals surface area contributed by atoms with Gasteiger partial charge in [-0.15, -0.1) is 22.7 Å². The average Bonchev–Trinajstić information content (AvgIpc) is 3.21. The maximum absolute atomic E-state index is 11.8. The molecule has 0 saturated carbocycles. The zero-order chi connectivity index (χ0) is 15.4. The van der Waals surface area contributed by atoms with E-state index < -0.39 is 0 Å². The van der Waals surface area contributed by atoms with Gasteiger partial charge in [0.2, 0.25) is 5.91 Å². The number of nitrogens with one attached hydrogen (secondary N) is 1. The fraction of sp³-hybridized carbons (Fsp3) is 0.250. The standard InChI is InChI=1S/C16H17N3OS2/c1-19-11-13(14-5-3-9-22-14)18-15(19)6-7-17-16(20)10-12-4-2-8-21-12/h2-5,8-9,11H,6-7,10H2,1H3,(H,17,20). The van der Waals surface area contributed by atoms with Crippen molar-refractivity contribution in [3.8, 4) is 10.6 Å². The van der Waals surface area contributed by atoms with Crippen molar-refractivity contribution in [3.63, 3.8) is 0 Å². The van der Waals surface area contributed by atoms with Gasteiger partial charge in [-0.2, -0.15) is 0 Å². The van der Waals surface area contributed by atoms with Gasteiger partial charge in [0, 0.05) is 31.1 Å². The lowest BCUT2D eigenvalue weighted by atomic mass is 10.3. The van der Waals surface area contributed by atoms with Gasteiger partial charge in [-0.3, -0.25) is 4.79 Å². The molecule has 0 aliphatic heterocycles. The number of carbonyl (C=O) groups excluding carboxylic acids is 1. The number of aryl methyl sites for hydroxylation is 1. The molecule has 3 aromatic rings. The van der Waals surface area contributed by atoms with Crippen molar-refractivity contribution >= 4 is 28.6 Å². The molecule has 4 nitrogen and oxygen atoms in total. The van der Waals surface area contributed by atoms with E-state index in [1.165, 1.54) is 4.88 Å². The van der Waals surface area contributed by atoms with Gasteiger partial charge >= 0.3 is 0 Å². The van der Waals surface area contributed by atoms with E-state index in [9.17, 15) is 4.79 Å². The van der Waals surface area contributed by atoms with Crippen molar-refractivity contribution in [1.82, 2.24) is 14.9 Å². The molecule has 3 rings (SSSR count). The molecule has 0 aliphatic rings. The fourth-order valence-corrected chi connectivity index (χ4v) is 3.61. The number of carbonyl (C=O) groups is 1. The minimum absolute atomic E-state index is 0.0649. The summed E-state index contributed by atoms with van der Waals surface area (Å²) in [6.45, 7) is 0.610. The summed E-state index contributed by atoms with van der Waals surface area (Å²) in [5, 5.41) is 7.00. The van der Waals surface area contributed by atoms with Gasteiger partial charge in [0.05, 0.1) is 17.0 Å². The second kappa shape index (κ2) is 6.89. The van der Waals surface area contributed by atoms with E-state index in [2.05, 4.69) is 21.7 Å². The third-order valence-electron chi connectivity index (χ3n) is 3.33. The van der Waals surface area contributed by atoms with Gasteiger partial charge in [-0.25, -0.2) is 4.98 Å². The van der Waals surface area contributed by atoms with E-state index in [1.807, 2.05) is 41.4 Å². The first-order valence-electron chi connectivity index (χ1n) is 7.07. The van der Waals surface area contributed by atoms with Crippen molar-refractivity contribution < 1.29 is 4.79 Å². The highest BCUT2D eigenvalue weighted by Gasteiger charge is 2.09. The van der Waals surface area contributed by atoms with Crippen LogP contribution in [0.4, 0.5) is 0 Å². The Morgan fingerprint density at radius 3 is 2.82 bits per heavy atom. The number of hydrogen-bond acceptors (Lipinski definition) is 4.